The molecule has 0 radical (unpaired) electrons. The van der Waals surface area contributed by atoms with E-state index in [9.17, 15) is 25.6 Å². The number of aliphatic hydroxyl groups is 1. The van der Waals surface area contributed by atoms with Gasteiger partial charge in [0, 0.05) is 25.7 Å². The minimum Gasteiger partial charge on any atom is -0.494 e. The number of hydrogen-bond acceptors (Lipinski definition) is 10. The second kappa shape index (κ2) is 15.4. The number of aliphatic hydroxyl groups excluding tert-OH is 1. The maximum Gasteiger partial charge on any atom is 0.372 e. The van der Waals surface area contributed by atoms with Crippen molar-refractivity contribution in [3.05, 3.63) is 72.3 Å². The van der Waals surface area contributed by atoms with Crippen LogP contribution in [0.3, 0.4) is 0 Å². The smallest absolute Gasteiger partial charge is 0.372 e. The Morgan fingerprint density at radius 1 is 1.02 bits per heavy atom. The number of benzene rings is 3. The summed E-state index contributed by atoms with van der Waals surface area (Å²) in [7, 11) is -8.91. The third-order valence-corrected chi connectivity index (χ3v) is 12.7. The number of alkyl halides is 2. The third-order valence-electron chi connectivity index (χ3n) is 8.94. The summed E-state index contributed by atoms with van der Waals surface area (Å²) in [6.07, 6.45) is 2.37. The second-order valence-corrected chi connectivity index (χ2v) is 16.2. The summed E-state index contributed by atoms with van der Waals surface area (Å²) in [6.45, 7) is 2.62. The van der Waals surface area contributed by atoms with Gasteiger partial charge in [-0.1, -0.05) is 36.4 Å². The normalized spacial score (nSPS) is 18.5. The highest BCUT2D eigenvalue weighted by molar-refractivity contribution is 7.92. The van der Waals surface area contributed by atoms with Crippen LogP contribution in [0.15, 0.2) is 76.5 Å². The number of rotatable bonds is 15. The van der Waals surface area contributed by atoms with E-state index >= 15 is 0 Å². The Hall–Kier alpha value is -3.18. The van der Waals surface area contributed by atoms with Gasteiger partial charge in [-0.05, 0) is 86.2 Å². The van der Waals surface area contributed by atoms with Crippen LogP contribution in [-0.4, -0.2) is 89.2 Å². The first-order chi connectivity index (χ1) is 23.3. The van der Waals surface area contributed by atoms with E-state index in [1.165, 1.54) is 16.4 Å². The molecule has 3 aromatic rings. The molecule has 2 heterocycles. The highest BCUT2D eigenvalue weighted by Crippen LogP contribution is 2.39. The number of hydrogen-bond donors (Lipinski definition) is 3. The Morgan fingerprint density at radius 2 is 1.73 bits per heavy atom. The average Bonchev–Trinajstić information content (AvgIpc) is 3.50. The van der Waals surface area contributed by atoms with Crippen LogP contribution in [0.1, 0.15) is 38.2 Å². The second-order valence-electron chi connectivity index (χ2n) is 12.2. The molecule has 15 heteroatoms. The number of halogens is 2. The van der Waals surface area contributed by atoms with Gasteiger partial charge in [0.25, 0.3) is 0 Å². The topological polar surface area (TPSA) is 157 Å². The summed E-state index contributed by atoms with van der Waals surface area (Å²) in [4.78, 5) is -0.497. The van der Waals surface area contributed by atoms with Crippen molar-refractivity contribution >= 4 is 19.9 Å². The van der Waals surface area contributed by atoms with Gasteiger partial charge in [-0.25, -0.2) is 16.8 Å². The van der Waals surface area contributed by atoms with Crippen molar-refractivity contribution in [1.29, 1.82) is 0 Å². The molecule has 49 heavy (non-hydrogen) atoms. The number of sulfonamides is 1. The van der Waals surface area contributed by atoms with Crippen molar-refractivity contribution < 1.29 is 44.9 Å². The fourth-order valence-corrected chi connectivity index (χ4v) is 8.79. The van der Waals surface area contributed by atoms with Gasteiger partial charge in [-0.3, -0.25) is 0 Å². The molecule has 2 aliphatic heterocycles. The van der Waals surface area contributed by atoms with Crippen LogP contribution < -0.4 is 20.5 Å². The fourth-order valence-electron chi connectivity index (χ4n) is 6.15. The Labute approximate surface area is 286 Å². The molecule has 2 aliphatic rings. The molecule has 5 rings (SSSR count). The predicted octanol–water partition coefficient (Wildman–Crippen LogP) is 3.94. The van der Waals surface area contributed by atoms with Crippen molar-refractivity contribution in [3.8, 4) is 22.6 Å². The van der Waals surface area contributed by atoms with Crippen LogP contribution in [0.4, 0.5) is 8.78 Å². The van der Waals surface area contributed by atoms with Gasteiger partial charge in [0.1, 0.15) is 23.0 Å². The summed E-state index contributed by atoms with van der Waals surface area (Å²) in [6, 6.07) is 17.8. The van der Waals surface area contributed by atoms with E-state index < -0.39 is 42.2 Å². The third kappa shape index (κ3) is 8.25. The van der Waals surface area contributed by atoms with E-state index in [-0.39, 0.29) is 23.3 Å². The first-order valence-corrected chi connectivity index (χ1v) is 19.2. The first kappa shape index (κ1) is 37.1. The van der Waals surface area contributed by atoms with Gasteiger partial charge in [0.05, 0.1) is 30.3 Å². The van der Waals surface area contributed by atoms with Gasteiger partial charge in [0.2, 0.25) is 19.9 Å². The highest BCUT2D eigenvalue weighted by atomic mass is 32.2. The lowest BCUT2D eigenvalue weighted by Crippen LogP contribution is -2.47. The average molecular weight is 724 g/mol. The van der Waals surface area contributed by atoms with Crippen molar-refractivity contribution in [1.82, 2.24) is 9.62 Å². The standard InChI is InChI=1S/C34H43F2N3O8S2/c1-2-45-31-12-11-27(26-9-7-25(22-37)8-10-26)19-32(31)49(43,44)39-16-13-33(14-17-39)21-28(23-47-33)38-15-4-18-46-29-5-3-6-30(20-29)48(41,42)34(35,36)24-40/h3,5-12,19-20,28,38,40H,2,4,13-18,21-24,37H2,1H3/t28-/m1/s1. The lowest BCUT2D eigenvalue weighted by Gasteiger charge is -2.38. The van der Waals surface area contributed by atoms with E-state index in [1.54, 1.807) is 12.1 Å². The molecule has 3 aromatic carbocycles. The van der Waals surface area contributed by atoms with Crippen LogP contribution in [-0.2, 0) is 31.1 Å². The number of nitrogens with zero attached hydrogens (tertiary/aromatic N) is 1. The predicted molar refractivity (Wildman–Crippen MR) is 180 cm³/mol. The summed E-state index contributed by atoms with van der Waals surface area (Å²) < 4.78 is 98.6. The van der Waals surface area contributed by atoms with Gasteiger partial charge in [0.15, 0.2) is 0 Å². The quantitative estimate of drug-likeness (QED) is 0.196. The minimum atomic E-state index is -5.05. The van der Waals surface area contributed by atoms with Crippen LogP contribution in [0, 0.1) is 0 Å². The van der Waals surface area contributed by atoms with Gasteiger partial charge < -0.3 is 30.4 Å². The number of piperidine rings is 1. The summed E-state index contributed by atoms with van der Waals surface area (Å²) in [5.41, 5.74) is 7.93. The summed E-state index contributed by atoms with van der Waals surface area (Å²) >= 11 is 0. The molecule has 1 atom stereocenters. The highest BCUT2D eigenvalue weighted by Gasteiger charge is 2.46. The minimum absolute atomic E-state index is 0.0595. The van der Waals surface area contributed by atoms with E-state index in [0.717, 1.165) is 35.2 Å². The molecule has 2 saturated heterocycles. The first-order valence-electron chi connectivity index (χ1n) is 16.2. The Morgan fingerprint density at radius 3 is 2.41 bits per heavy atom. The molecule has 0 saturated carbocycles. The molecule has 0 amide bonds. The van der Waals surface area contributed by atoms with Crippen LogP contribution in [0.2, 0.25) is 0 Å². The molecule has 0 aromatic heterocycles. The SMILES string of the molecule is CCOc1ccc(-c2ccc(CN)cc2)cc1S(=O)(=O)N1CCC2(CC1)C[C@@H](NCCCOc1cccc(S(=O)(=O)C(F)(F)CO)c1)CO2. The van der Waals surface area contributed by atoms with Gasteiger partial charge in [-0.2, -0.15) is 13.1 Å². The van der Waals surface area contributed by atoms with Crippen molar-refractivity contribution in [3.63, 3.8) is 0 Å². The summed E-state index contributed by atoms with van der Waals surface area (Å²) in [5.74, 6) is 0.442. The number of sulfone groups is 1. The Kier molecular flexibility index (Phi) is 11.6. The monoisotopic (exact) mass is 723 g/mol. The van der Waals surface area contributed by atoms with E-state index in [2.05, 4.69) is 5.32 Å². The largest absolute Gasteiger partial charge is 0.494 e. The molecule has 11 nitrogen and oxygen atoms in total. The van der Waals surface area contributed by atoms with E-state index in [4.69, 9.17) is 25.1 Å². The molecule has 1 spiro atoms. The van der Waals surface area contributed by atoms with E-state index in [0.29, 0.717) is 64.4 Å². The zero-order chi connectivity index (χ0) is 35.3. The molecule has 0 bridgehead atoms. The van der Waals surface area contributed by atoms with E-state index in [1.807, 2.05) is 37.3 Å². The fraction of sp³-hybridized carbons (Fsp3) is 0.471. The molecule has 2 fully saturated rings. The van der Waals surface area contributed by atoms with Crippen LogP contribution in [0.25, 0.3) is 11.1 Å². The van der Waals surface area contributed by atoms with Crippen molar-refractivity contribution in [2.24, 2.45) is 5.73 Å². The molecular weight excluding hydrogens is 681 g/mol. The molecular formula is C34H43F2N3O8S2. The van der Waals surface area contributed by atoms with Crippen molar-refractivity contribution in [2.75, 3.05) is 46.1 Å². The maximum atomic E-state index is 14.0. The lowest BCUT2D eigenvalue weighted by atomic mass is 9.88. The van der Waals surface area contributed by atoms with Gasteiger partial charge in [-0.15, -0.1) is 0 Å². The number of ether oxygens (including phenoxy) is 3. The number of nitrogens with one attached hydrogen (secondary N) is 1. The number of nitrogens with two attached hydrogens (primary N) is 1. The summed E-state index contributed by atoms with van der Waals surface area (Å²) in [5, 5.41) is 7.93. The Bertz CT molecular complexity index is 1800. The molecule has 0 aliphatic carbocycles. The molecule has 268 valence electrons. The zero-order valence-electron chi connectivity index (χ0n) is 27.3. The van der Waals surface area contributed by atoms with Crippen LogP contribution in [0.5, 0.6) is 11.5 Å². The lowest BCUT2D eigenvalue weighted by molar-refractivity contribution is -0.0311. The molecule has 0 unspecified atom stereocenters. The van der Waals surface area contributed by atoms with Gasteiger partial charge >= 0.3 is 5.25 Å². The zero-order valence-corrected chi connectivity index (χ0v) is 28.9. The Balaban J connectivity index is 1.12. The van der Waals surface area contributed by atoms with Crippen LogP contribution >= 0.6 is 0 Å². The molecule has 4 N–H and O–H groups in total. The maximum absolute atomic E-state index is 14.0. The van der Waals surface area contributed by atoms with Crippen molar-refractivity contribution in [2.45, 2.75) is 65.8 Å².